The summed E-state index contributed by atoms with van der Waals surface area (Å²) in [5, 5.41) is 5.69. The Bertz CT molecular complexity index is 986. The highest BCUT2D eigenvalue weighted by molar-refractivity contribution is 5.95. The van der Waals surface area contributed by atoms with Gasteiger partial charge in [0.1, 0.15) is 11.5 Å². The number of nitrogens with one attached hydrogen (secondary N) is 2. The molecular formula is C25H26N2O4. The van der Waals surface area contributed by atoms with Gasteiger partial charge in [0.15, 0.2) is 6.10 Å². The van der Waals surface area contributed by atoms with Crippen molar-refractivity contribution in [2.45, 2.75) is 26.5 Å². The number of hydrogen-bond donors (Lipinski definition) is 2. The Kier molecular flexibility index (Phi) is 7.65. The maximum absolute atomic E-state index is 12.4. The van der Waals surface area contributed by atoms with Crippen LogP contribution in [0.1, 0.15) is 29.8 Å². The van der Waals surface area contributed by atoms with Crippen LogP contribution in [0.5, 0.6) is 11.5 Å². The normalized spacial score (nSPS) is 11.3. The number of rotatable bonds is 9. The third kappa shape index (κ3) is 6.60. The first-order chi connectivity index (χ1) is 15.0. The topological polar surface area (TPSA) is 76.7 Å². The molecule has 160 valence electrons. The fraction of sp³-hybridized carbons (Fsp3) is 0.200. The van der Waals surface area contributed by atoms with E-state index in [1.165, 1.54) is 0 Å². The van der Waals surface area contributed by atoms with Gasteiger partial charge in [-0.1, -0.05) is 30.3 Å². The second kappa shape index (κ2) is 10.8. The van der Waals surface area contributed by atoms with Crippen molar-refractivity contribution in [1.29, 1.82) is 0 Å². The molecule has 0 aromatic heterocycles. The number of amides is 2. The lowest BCUT2D eigenvalue weighted by atomic mass is 10.2. The second-order valence-corrected chi connectivity index (χ2v) is 6.90. The van der Waals surface area contributed by atoms with Gasteiger partial charge in [0.25, 0.3) is 11.8 Å². The zero-order valence-electron chi connectivity index (χ0n) is 17.6. The minimum Gasteiger partial charge on any atom is -0.494 e. The molecule has 6 nitrogen and oxygen atoms in total. The molecule has 31 heavy (non-hydrogen) atoms. The third-order valence-electron chi connectivity index (χ3n) is 4.53. The molecule has 0 saturated carbocycles. The number of anilines is 1. The van der Waals surface area contributed by atoms with Crippen LogP contribution in [0.2, 0.25) is 0 Å². The van der Waals surface area contributed by atoms with Gasteiger partial charge in [-0.05, 0) is 67.9 Å². The van der Waals surface area contributed by atoms with Gasteiger partial charge in [-0.2, -0.15) is 0 Å². The molecule has 3 aromatic rings. The fourth-order valence-corrected chi connectivity index (χ4v) is 2.87. The molecule has 0 heterocycles. The molecule has 0 spiro atoms. The highest BCUT2D eigenvalue weighted by atomic mass is 16.5. The molecule has 0 saturated heterocycles. The van der Waals surface area contributed by atoms with E-state index in [9.17, 15) is 9.59 Å². The van der Waals surface area contributed by atoms with Crippen LogP contribution in [0.25, 0.3) is 0 Å². The van der Waals surface area contributed by atoms with Crippen molar-refractivity contribution in [3.63, 3.8) is 0 Å². The van der Waals surface area contributed by atoms with Gasteiger partial charge in [0.05, 0.1) is 6.61 Å². The zero-order valence-corrected chi connectivity index (χ0v) is 17.6. The lowest BCUT2D eigenvalue weighted by Crippen LogP contribution is -2.30. The molecule has 2 N–H and O–H groups in total. The van der Waals surface area contributed by atoms with E-state index in [0.29, 0.717) is 30.2 Å². The smallest absolute Gasteiger partial charge is 0.265 e. The van der Waals surface area contributed by atoms with Crippen molar-refractivity contribution >= 4 is 17.5 Å². The molecule has 0 aliphatic rings. The first-order valence-electron chi connectivity index (χ1n) is 10.2. The van der Waals surface area contributed by atoms with E-state index in [0.717, 1.165) is 11.3 Å². The van der Waals surface area contributed by atoms with Crippen molar-refractivity contribution in [2.24, 2.45) is 0 Å². The molecule has 0 fully saturated rings. The number of carbonyl (C=O) groups excluding carboxylic acids is 2. The highest BCUT2D eigenvalue weighted by Crippen LogP contribution is 2.18. The van der Waals surface area contributed by atoms with Gasteiger partial charge in [-0.25, -0.2) is 0 Å². The van der Waals surface area contributed by atoms with E-state index in [4.69, 9.17) is 9.47 Å². The summed E-state index contributed by atoms with van der Waals surface area (Å²) < 4.78 is 11.1. The summed E-state index contributed by atoms with van der Waals surface area (Å²) in [5.74, 6) is 0.817. The SMILES string of the molecule is CCOc1ccc(NC(=O)[C@H](C)Oc2ccc(C(=O)NCc3ccccc3)cc2)cc1. The predicted octanol–water partition coefficient (Wildman–Crippen LogP) is 4.42. The van der Waals surface area contributed by atoms with Crippen LogP contribution >= 0.6 is 0 Å². The first kappa shape index (κ1) is 21.9. The second-order valence-electron chi connectivity index (χ2n) is 6.90. The molecule has 0 bridgehead atoms. The molecule has 2 amide bonds. The average Bonchev–Trinajstić information content (AvgIpc) is 2.80. The van der Waals surface area contributed by atoms with E-state index < -0.39 is 6.10 Å². The largest absolute Gasteiger partial charge is 0.494 e. The van der Waals surface area contributed by atoms with Crippen molar-refractivity contribution in [3.05, 3.63) is 90.0 Å². The summed E-state index contributed by atoms with van der Waals surface area (Å²) in [5.41, 5.74) is 2.22. The van der Waals surface area contributed by atoms with Crippen LogP contribution in [0.4, 0.5) is 5.69 Å². The minimum absolute atomic E-state index is 0.170. The van der Waals surface area contributed by atoms with Gasteiger partial charge in [-0.15, -0.1) is 0 Å². The quantitative estimate of drug-likeness (QED) is 0.539. The Morgan fingerprint density at radius 2 is 1.52 bits per heavy atom. The molecule has 6 heteroatoms. The van der Waals surface area contributed by atoms with Crippen LogP contribution < -0.4 is 20.1 Å². The Labute approximate surface area is 182 Å². The Morgan fingerprint density at radius 3 is 2.16 bits per heavy atom. The number of ether oxygens (including phenoxy) is 2. The van der Waals surface area contributed by atoms with E-state index in [-0.39, 0.29) is 11.8 Å². The summed E-state index contributed by atoms with van der Waals surface area (Å²) in [6.07, 6.45) is -0.704. The number of hydrogen-bond acceptors (Lipinski definition) is 4. The lowest BCUT2D eigenvalue weighted by Gasteiger charge is -2.15. The molecule has 3 aromatic carbocycles. The highest BCUT2D eigenvalue weighted by Gasteiger charge is 2.15. The van der Waals surface area contributed by atoms with Crippen LogP contribution in [0.3, 0.4) is 0 Å². The monoisotopic (exact) mass is 418 g/mol. The number of carbonyl (C=O) groups is 2. The summed E-state index contributed by atoms with van der Waals surface area (Å²) in [6.45, 7) is 4.63. The molecule has 3 rings (SSSR count). The van der Waals surface area contributed by atoms with E-state index in [1.807, 2.05) is 37.3 Å². The summed E-state index contributed by atoms with van der Waals surface area (Å²) in [6, 6.07) is 23.6. The van der Waals surface area contributed by atoms with Crippen molar-refractivity contribution in [1.82, 2.24) is 5.32 Å². The van der Waals surface area contributed by atoms with Crippen LogP contribution in [0, 0.1) is 0 Å². The van der Waals surface area contributed by atoms with Crippen LogP contribution in [-0.4, -0.2) is 24.5 Å². The Morgan fingerprint density at radius 1 is 0.871 bits per heavy atom. The maximum Gasteiger partial charge on any atom is 0.265 e. The van der Waals surface area contributed by atoms with Gasteiger partial charge < -0.3 is 20.1 Å². The van der Waals surface area contributed by atoms with Gasteiger partial charge in [0, 0.05) is 17.8 Å². The van der Waals surface area contributed by atoms with Crippen LogP contribution in [-0.2, 0) is 11.3 Å². The molecule has 0 aliphatic heterocycles. The summed E-state index contributed by atoms with van der Waals surface area (Å²) in [7, 11) is 0. The van der Waals surface area contributed by atoms with Gasteiger partial charge in [-0.3, -0.25) is 9.59 Å². The van der Waals surface area contributed by atoms with E-state index in [1.54, 1.807) is 55.5 Å². The summed E-state index contributed by atoms with van der Waals surface area (Å²) in [4.78, 5) is 24.7. The van der Waals surface area contributed by atoms with E-state index >= 15 is 0 Å². The summed E-state index contributed by atoms with van der Waals surface area (Å²) >= 11 is 0. The number of benzene rings is 3. The average molecular weight is 418 g/mol. The van der Waals surface area contributed by atoms with E-state index in [2.05, 4.69) is 10.6 Å². The molecule has 0 aliphatic carbocycles. The van der Waals surface area contributed by atoms with Crippen molar-refractivity contribution < 1.29 is 19.1 Å². The van der Waals surface area contributed by atoms with Gasteiger partial charge in [0.2, 0.25) is 0 Å². The molecular weight excluding hydrogens is 392 g/mol. The molecule has 0 radical (unpaired) electrons. The zero-order chi connectivity index (χ0) is 22.1. The van der Waals surface area contributed by atoms with Gasteiger partial charge >= 0.3 is 0 Å². The fourth-order valence-electron chi connectivity index (χ4n) is 2.87. The minimum atomic E-state index is -0.704. The van der Waals surface area contributed by atoms with Crippen molar-refractivity contribution in [3.8, 4) is 11.5 Å². The third-order valence-corrected chi connectivity index (χ3v) is 4.53. The Balaban J connectivity index is 1.50. The molecule has 0 unspecified atom stereocenters. The van der Waals surface area contributed by atoms with Crippen LogP contribution in [0.15, 0.2) is 78.9 Å². The van der Waals surface area contributed by atoms with Crippen molar-refractivity contribution in [2.75, 3.05) is 11.9 Å². The molecule has 1 atom stereocenters. The first-order valence-corrected chi connectivity index (χ1v) is 10.2. The lowest BCUT2D eigenvalue weighted by molar-refractivity contribution is -0.122. The Hall–Kier alpha value is -3.80. The maximum atomic E-state index is 12.4. The standard InChI is InChI=1S/C25H26N2O4/c1-3-30-22-15-11-21(12-16-22)27-24(28)18(2)31-23-13-9-20(10-14-23)25(29)26-17-19-7-5-4-6-8-19/h4-16,18H,3,17H2,1-2H3,(H,26,29)(H,27,28)/t18-/m0/s1. The predicted molar refractivity (Wildman–Crippen MR) is 120 cm³/mol.